The van der Waals surface area contributed by atoms with Crippen LogP contribution in [-0.2, 0) is 5.92 Å². The molecule has 0 unspecified atom stereocenters. The highest BCUT2D eigenvalue weighted by atomic mass is 19.3. The second-order valence-electron chi connectivity index (χ2n) is 3.86. The predicted octanol–water partition coefficient (Wildman–Crippen LogP) is 4.00. The van der Waals surface area contributed by atoms with Crippen LogP contribution in [0.2, 0.25) is 0 Å². The number of alkyl halides is 2. The van der Waals surface area contributed by atoms with Gasteiger partial charge in [0.2, 0.25) is 0 Å². The fourth-order valence-electron chi connectivity index (χ4n) is 1.54. The van der Waals surface area contributed by atoms with Crippen molar-refractivity contribution in [2.45, 2.75) is 12.8 Å². The standard InChI is InChI=1S/C13H10F3N/c1-13(15,16)11-5-10(6-12(14)7-11)9-3-2-4-17-8-9/h2-8H,1H3. The summed E-state index contributed by atoms with van der Waals surface area (Å²) in [6.07, 6.45) is 3.07. The summed E-state index contributed by atoms with van der Waals surface area (Å²) in [4.78, 5) is 3.87. The van der Waals surface area contributed by atoms with Crippen LogP contribution in [0.15, 0.2) is 42.7 Å². The molecule has 2 aromatic rings. The van der Waals surface area contributed by atoms with Gasteiger partial charge < -0.3 is 0 Å². The van der Waals surface area contributed by atoms with Crippen molar-refractivity contribution >= 4 is 0 Å². The Morgan fingerprint density at radius 1 is 1.12 bits per heavy atom. The third-order valence-electron chi connectivity index (χ3n) is 2.40. The molecule has 0 radical (unpaired) electrons. The molecule has 2 rings (SSSR count). The first kappa shape index (κ1) is 11.6. The van der Waals surface area contributed by atoms with E-state index in [0.29, 0.717) is 11.1 Å². The summed E-state index contributed by atoms with van der Waals surface area (Å²) in [7, 11) is 0. The van der Waals surface area contributed by atoms with Crippen LogP contribution in [0.1, 0.15) is 12.5 Å². The maximum Gasteiger partial charge on any atom is 0.270 e. The van der Waals surface area contributed by atoms with E-state index < -0.39 is 11.7 Å². The molecule has 4 heteroatoms. The minimum Gasteiger partial charge on any atom is -0.264 e. The fourth-order valence-corrected chi connectivity index (χ4v) is 1.54. The van der Waals surface area contributed by atoms with E-state index in [1.165, 1.54) is 18.3 Å². The van der Waals surface area contributed by atoms with Gasteiger partial charge in [-0.2, -0.15) is 0 Å². The van der Waals surface area contributed by atoms with Crippen molar-refractivity contribution in [3.63, 3.8) is 0 Å². The van der Waals surface area contributed by atoms with Crippen molar-refractivity contribution in [2.75, 3.05) is 0 Å². The van der Waals surface area contributed by atoms with Crippen LogP contribution in [0.5, 0.6) is 0 Å². The minimum absolute atomic E-state index is 0.337. The Bertz CT molecular complexity index is 518. The Hall–Kier alpha value is -1.84. The van der Waals surface area contributed by atoms with E-state index in [4.69, 9.17) is 0 Å². The van der Waals surface area contributed by atoms with E-state index in [1.54, 1.807) is 18.3 Å². The summed E-state index contributed by atoms with van der Waals surface area (Å²) in [6, 6.07) is 6.70. The lowest BCUT2D eigenvalue weighted by Gasteiger charge is -2.12. The minimum atomic E-state index is -3.06. The smallest absolute Gasteiger partial charge is 0.264 e. The third kappa shape index (κ3) is 2.64. The van der Waals surface area contributed by atoms with Gasteiger partial charge in [0, 0.05) is 30.4 Å². The second-order valence-corrected chi connectivity index (χ2v) is 3.86. The molecule has 0 N–H and O–H groups in total. The van der Waals surface area contributed by atoms with E-state index in [-0.39, 0.29) is 5.56 Å². The van der Waals surface area contributed by atoms with Crippen molar-refractivity contribution in [3.8, 4) is 11.1 Å². The van der Waals surface area contributed by atoms with Gasteiger partial charge in [-0.3, -0.25) is 4.98 Å². The van der Waals surface area contributed by atoms with E-state index in [9.17, 15) is 13.2 Å². The molecule has 0 atom stereocenters. The van der Waals surface area contributed by atoms with Gasteiger partial charge in [0.05, 0.1) is 0 Å². The highest BCUT2D eigenvalue weighted by Crippen LogP contribution is 2.31. The first-order valence-corrected chi connectivity index (χ1v) is 5.06. The molecule has 17 heavy (non-hydrogen) atoms. The summed E-state index contributed by atoms with van der Waals surface area (Å²) in [5, 5.41) is 0. The number of hydrogen-bond donors (Lipinski definition) is 0. The lowest BCUT2D eigenvalue weighted by atomic mass is 10.0. The van der Waals surface area contributed by atoms with Gasteiger partial charge in [-0.15, -0.1) is 0 Å². The quantitative estimate of drug-likeness (QED) is 0.769. The molecule has 0 fully saturated rings. The van der Waals surface area contributed by atoms with Crippen LogP contribution < -0.4 is 0 Å². The van der Waals surface area contributed by atoms with Crippen LogP contribution in [0, 0.1) is 5.82 Å². The van der Waals surface area contributed by atoms with Gasteiger partial charge >= 0.3 is 0 Å². The maximum absolute atomic E-state index is 13.3. The third-order valence-corrected chi connectivity index (χ3v) is 2.40. The molecule has 0 aliphatic rings. The van der Waals surface area contributed by atoms with Crippen molar-refractivity contribution in [3.05, 3.63) is 54.1 Å². The topological polar surface area (TPSA) is 12.9 Å². The monoisotopic (exact) mass is 237 g/mol. The number of halogens is 3. The Morgan fingerprint density at radius 3 is 2.47 bits per heavy atom. The molecule has 0 amide bonds. The zero-order valence-electron chi connectivity index (χ0n) is 9.12. The number of hydrogen-bond acceptors (Lipinski definition) is 1. The first-order valence-electron chi connectivity index (χ1n) is 5.06. The highest BCUT2D eigenvalue weighted by Gasteiger charge is 2.25. The molecular weight excluding hydrogens is 227 g/mol. The van der Waals surface area contributed by atoms with Gasteiger partial charge in [-0.05, 0) is 29.8 Å². The van der Waals surface area contributed by atoms with Gasteiger partial charge in [0.25, 0.3) is 5.92 Å². The Labute approximate surface area is 96.9 Å². The normalized spacial score (nSPS) is 11.5. The van der Waals surface area contributed by atoms with Crippen LogP contribution in [0.4, 0.5) is 13.2 Å². The van der Waals surface area contributed by atoms with E-state index in [0.717, 1.165) is 13.0 Å². The van der Waals surface area contributed by atoms with Crippen LogP contribution in [0.3, 0.4) is 0 Å². The van der Waals surface area contributed by atoms with Crippen molar-refractivity contribution in [2.24, 2.45) is 0 Å². The van der Waals surface area contributed by atoms with E-state index >= 15 is 0 Å². The van der Waals surface area contributed by atoms with Crippen LogP contribution >= 0.6 is 0 Å². The molecule has 1 aromatic heterocycles. The van der Waals surface area contributed by atoms with Gasteiger partial charge in [0.1, 0.15) is 5.82 Å². The van der Waals surface area contributed by atoms with E-state index in [2.05, 4.69) is 4.98 Å². The van der Waals surface area contributed by atoms with Crippen LogP contribution in [0.25, 0.3) is 11.1 Å². The summed E-state index contributed by atoms with van der Waals surface area (Å²) in [5.41, 5.74) is 0.670. The van der Waals surface area contributed by atoms with Crippen molar-refractivity contribution < 1.29 is 13.2 Å². The molecule has 88 valence electrons. The molecule has 0 aliphatic carbocycles. The van der Waals surface area contributed by atoms with Crippen molar-refractivity contribution in [1.29, 1.82) is 0 Å². The molecule has 1 aromatic carbocycles. The average Bonchev–Trinajstić information content (AvgIpc) is 2.28. The fraction of sp³-hybridized carbons (Fsp3) is 0.154. The summed E-state index contributed by atoms with van der Waals surface area (Å²) in [5.74, 6) is -3.73. The molecule has 1 nitrogen and oxygen atoms in total. The number of nitrogens with zero attached hydrogens (tertiary/aromatic N) is 1. The second kappa shape index (κ2) is 4.20. The summed E-state index contributed by atoms with van der Waals surface area (Å²) < 4.78 is 39.6. The van der Waals surface area contributed by atoms with Crippen molar-refractivity contribution in [1.82, 2.24) is 4.98 Å². The molecule has 0 bridgehead atoms. The average molecular weight is 237 g/mol. The zero-order valence-corrected chi connectivity index (χ0v) is 9.12. The number of aromatic nitrogens is 1. The zero-order chi connectivity index (χ0) is 12.5. The maximum atomic E-state index is 13.3. The summed E-state index contributed by atoms with van der Waals surface area (Å²) >= 11 is 0. The molecule has 0 saturated carbocycles. The first-order chi connectivity index (χ1) is 7.97. The molecule has 1 heterocycles. The Morgan fingerprint density at radius 2 is 1.88 bits per heavy atom. The summed E-state index contributed by atoms with van der Waals surface area (Å²) in [6.45, 7) is 0.745. The molecular formula is C13H10F3N. The van der Waals surface area contributed by atoms with Gasteiger partial charge in [-0.1, -0.05) is 6.07 Å². The Balaban J connectivity index is 2.54. The van der Waals surface area contributed by atoms with Gasteiger partial charge in [0.15, 0.2) is 0 Å². The highest BCUT2D eigenvalue weighted by molar-refractivity contribution is 5.63. The molecule has 0 saturated heterocycles. The lowest BCUT2D eigenvalue weighted by molar-refractivity contribution is 0.0172. The number of benzene rings is 1. The lowest BCUT2D eigenvalue weighted by Crippen LogP contribution is -2.07. The Kier molecular flexibility index (Phi) is 2.88. The number of pyridine rings is 1. The molecule has 0 aliphatic heterocycles. The number of rotatable bonds is 2. The largest absolute Gasteiger partial charge is 0.270 e. The molecule has 0 spiro atoms. The SMILES string of the molecule is CC(F)(F)c1cc(F)cc(-c2cccnc2)c1. The van der Waals surface area contributed by atoms with E-state index in [1.807, 2.05) is 0 Å². The van der Waals surface area contributed by atoms with Crippen LogP contribution in [-0.4, -0.2) is 4.98 Å². The van der Waals surface area contributed by atoms with Gasteiger partial charge in [-0.25, -0.2) is 13.2 Å². The predicted molar refractivity (Wildman–Crippen MR) is 59.2 cm³/mol.